The summed E-state index contributed by atoms with van der Waals surface area (Å²) in [4.78, 5) is 12.9. The Hall–Kier alpha value is -1.82. The van der Waals surface area contributed by atoms with Gasteiger partial charge >= 0.3 is 0 Å². The molecule has 1 aliphatic heterocycles. The third-order valence-corrected chi connectivity index (χ3v) is 3.64. The topological polar surface area (TPSA) is 67.6 Å². The van der Waals surface area contributed by atoms with Crippen molar-refractivity contribution in [2.75, 3.05) is 36.5 Å². The summed E-state index contributed by atoms with van der Waals surface area (Å²) < 4.78 is 5.70. The van der Waals surface area contributed by atoms with Crippen molar-refractivity contribution in [2.24, 2.45) is 0 Å². The molecule has 0 aromatic heterocycles. The smallest absolute Gasteiger partial charge is 0.273 e. The first-order chi connectivity index (χ1) is 10.1. The van der Waals surface area contributed by atoms with Gasteiger partial charge in [-0.25, -0.2) is 0 Å². The van der Waals surface area contributed by atoms with E-state index in [-0.39, 0.29) is 16.7 Å². The molecule has 0 aliphatic carbocycles. The number of nitro benzene ring substituents is 1. The largest absolute Gasteiger partial charge is 0.385 e. The summed E-state index contributed by atoms with van der Waals surface area (Å²) in [5.74, 6) is 0. The van der Waals surface area contributed by atoms with Crippen molar-refractivity contribution in [1.82, 2.24) is 0 Å². The lowest BCUT2D eigenvalue weighted by molar-refractivity contribution is -0.384. The Kier molecular flexibility index (Phi) is 5.38. The van der Waals surface area contributed by atoms with E-state index in [1.807, 2.05) is 19.9 Å². The van der Waals surface area contributed by atoms with Gasteiger partial charge in [-0.3, -0.25) is 10.1 Å². The molecule has 0 saturated carbocycles. The zero-order valence-corrected chi connectivity index (χ0v) is 12.7. The summed E-state index contributed by atoms with van der Waals surface area (Å²) in [6, 6.07) is 5.21. The molecule has 21 heavy (non-hydrogen) atoms. The predicted octanol–water partition coefficient (Wildman–Crippen LogP) is 3.03. The number of nitro groups is 1. The molecule has 1 atom stereocenters. The van der Waals surface area contributed by atoms with E-state index < -0.39 is 0 Å². The highest BCUT2D eigenvalue weighted by Gasteiger charge is 2.22. The van der Waals surface area contributed by atoms with Crippen molar-refractivity contribution >= 4 is 17.1 Å². The number of rotatable bonds is 6. The maximum absolute atomic E-state index is 11.1. The number of hydrogen-bond donors (Lipinski definition) is 1. The molecule has 1 saturated heterocycles. The molecule has 116 valence electrons. The molecule has 1 fully saturated rings. The molecule has 0 amide bonds. The summed E-state index contributed by atoms with van der Waals surface area (Å²) in [7, 11) is 0. The minimum Gasteiger partial charge on any atom is -0.385 e. The molecule has 2 rings (SSSR count). The van der Waals surface area contributed by atoms with Crippen molar-refractivity contribution in [3.8, 4) is 0 Å². The Labute approximate surface area is 125 Å². The normalized spacial score (nSPS) is 18.6. The molecule has 0 radical (unpaired) electrons. The number of ether oxygens (including phenoxy) is 1. The summed E-state index contributed by atoms with van der Waals surface area (Å²) in [5.41, 5.74) is 1.81. The molecule has 1 aliphatic rings. The highest BCUT2D eigenvalue weighted by molar-refractivity contribution is 5.64. The van der Waals surface area contributed by atoms with E-state index in [9.17, 15) is 10.1 Å². The quantitative estimate of drug-likeness (QED) is 0.645. The molecule has 0 bridgehead atoms. The van der Waals surface area contributed by atoms with E-state index in [2.05, 4.69) is 10.2 Å². The molecule has 1 aromatic rings. The van der Waals surface area contributed by atoms with Gasteiger partial charge in [0, 0.05) is 49.7 Å². The van der Waals surface area contributed by atoms with Crippen LogP contribution in [0.1, 0.15) is 26.7 Å². The molecule has 1 N–H and O–H groups in total. The van der Waals surface area contributed by atoms with Crippen LogP contribution in [0.15, 0.2) is 18.2 Å². The van der Waals surface area contributed by atoms with Crippen LogP contribution in [0.5, 0.6) is 0 Å². The summed E-state index contributed by atoms with van der Waals surface area (Å²) in [6.45, 7) is 7.12. The van der Waals surface area contributed by atoms with E-state index in [1.165, 1.54) is 0 Å². The maximum Gasteiger partial charge on any atom is 0.273 e. The second-order valence-corrected chi connectivity index (χ2v) is 5.19. The number of anilines is 2. The van der Waals surface area contributed by atoms with Gasteiger partial charge in [-0.2, -0.15) is 0 Å². The molecule has 0 spiro atoms. The van der Waals surface area contributed by atoms with Crippen LogP contribution in [0, 0.1) is 10.1 Å². The van der Waals surface area contributed by atoms with Crippen LogP contribution < -0.4 is 10.2 Å². The fourth-order valence-electron chi connectivity index (χ4n) is 2.73. The average molecular weight is 293 g/mol. The van der Waals surface area contributed by atoms with E-state index in [4.69, 9.17) is 4.74 Å². The third kappa shape index (κ3) is 4.07. The van der Waals surface area contributed by atoms with E-state index >= 15 is 0 Å². The molecule has 1 heterocycles. The second-order valence-electron chi connectivity index (χ2n) is 5.19. The fraction of sp³-hybridized carbons (Fsp3) is 0.600. The van der Waals surface area contributed by atoms with Crippen molar-refractivity contribution < 1.29 is 9.66 Å². The minimum absolute atomic E-state index is 0.127. The van der Waals surface area contributed by atoms with Gasteiger partial charge in [-0.15, -0.1) is 0 Å². The van der Waals surface area contributed by atoms with Gasteiger partial charge < -0.3 is 15.0 Å². The molecule has 6 nitrogen and oxygen atoms in total. The van der Waals surface area contributed by atoms with Crippen LogP contribution in [0.4, 0.5) is 17.1 Å². The van der Waals surface area contributed by atoms with Crippen LogP contribution in [0.3, 0.4) is 0 Å². The van der Waals surface area contributed by atoms with Gasteiger partial charge in [0.1, 0.15) is 0 Å². The van der Waals surface area contributed by atoms with Crippen molar-refractivity contribution in [3.63, 3.8) is 0 Å². The molecule has 6 heteroatoms. The zero-order valence-electron chi connectivity index (χ0n) is 12.7. The zero-order chi connectivity index (χ0) is 15.2. The Bertz CT molecular complexity index is 491. The highest BCUT2D eigenvalue weighted by Crippen LogP contribution is 2.29. The molecule has 1 unspecified atom stereocenters. The van der Waals surface area contributed by atoms with Crippen LogP contribution >= 0.6 is 0 Å². The van der Waals surface area contributed by atoms with Gasteiger partial charge in [-0.1, -0.05) is 0 Å². The van der Waals surface area contributed by atoms with E-state index in [0.717, 1.165) is 43.9 Å². The maximum atomic E-state index is 11.1. The van der Waals surface area contributed by atoms with Gasteiger partial charge in [0.25, 0.3) is 5.69 Å². The molecular weight excluding hydrogens is 270 g/mol. The van der Waals surface area contributed by atoms with E-state index in [0.29, 0.717) is 6.61 Å². The highest BCUT2D eigenvalue weighted by atomic mass is 16.6. The van der Waals surface area contributed by atoms with Crippen LogP contribution in [-0.2, 0) is 4.74 Å². The first-order valence-corrected chi connectivity index (χ1v) is 7.54. The number of piperidine rings is 1. The number of hydrogen-bond acceptors (Lipinski definition) is 5. The summed E-state index contributed by atoms with van der Waals surface area (Å²) >= 11 is 0. The van der Waals surface area contributed by atoms with Gasteiger partial charge in [0.15, 0.2) is 0 Å². The van der Waals surface area contributed by atoms with Crippen molar-refractivity contribution in [1.29, 1.82) is 0 Å². The third-order valence-electron chi connectivity index (χ3n) is 3.64. The standard InChI is InChI=1S/C15H23N3O3/c1-3-16-12-8-13(10-14(9-12)18(19)20)17-7-5-6-15(11-17)21-4-2/h8-10,15-16H,3-7,11H2,1-2H3. The fourth-order valence-corrected chi connectivity index (χ4v) is 2.73. The Morgan fingerprint density at radius 1 is 1.43 bits per heavy atom. The Morgan fingerprint density at radius 3 is 2.90 bits per heavy atom. The number of nitrogens with one attached hydrogen (secondary N) is 1. The monoisotopic (exact) mass is 293 g/mol. The molecule has 1 aromatic carbocycles. The first kappa shape index (κ1) is 15.6. The molecular formula is C15H23N3O3. The van der Waals surface area contributed by atoms with E-state index in [1.54, 1.807) is 12.1 Å². The lowest BCUT2D eigenvalue weighted by Crippen LogP contribution is -2.39. The predicted molar refractivity (Wildman–Crippen MR) is 84.1 cm³/mol. The SMILES string of the molecule is CCNc1cc(N2CCCC(OCC)C2)cc([N+](=O)[O-])c1. The Balaban J connectivity index is 2.22. The van der Waals surface area contributed by atoms with Gasteiger partial charge in [0.05, 0.1) is 11.0 Å². The lowest BCUT2D eigenvalue weighted by Gasteiger charge is -2.34. The minimum atomic E-state index is -0.339. The van der Waals surface area contributed by atoms with Gasteiger partial charge in [0.2, 0.25) is 0 Å². The van der Waals surface area contributed by atoms with Gasteiger partial charge in [-0.05, 0) is 32.8 Å². The lowest BCUT2D eigenvalue weighted by atomic mass is 10.1. The number of nitrogens with zero attached hydrogens (tertiary/aromatic N) is 2. The van der Waals surface area contributed by atoms with Crippen molar-refractivity contribution in [2.45, 2.75) is 32.8 Å². The first-order valence-electron chi connectivity index (χ1n) is 7.54. The average Bonchev–Trinajstić information content (AvgIpc) is 2.48. The van der Waals surface area contributed by atoms with Crippen LogP contribution in [-0.4, -0.2) is 37.3 Å². The van der Waals surface area contributed by atoms with Crippen LogP contribution in [0.25, 0.3) is 0 Å². The summed E-state index contributed by atoms with van der Waals surface area (Å²) in [5, 5.41) is 14.3. The number of benzene rings is 1. The van der Waals surface area contributed by atoms with Crippen LogP contribution in [0.2, 0.25) is 0 Å². The Morgan fingerprint density at radius 2 is 2.24 bits per heavy atom. The van der Waals surface area contributed by atoms with Crippen molar-refractivity contribution in [3.05, 3.63) is 28.3 Å². The summed E-state index contributed by atoms with van der Waals surface area (Å²) in [6.07, 6.45) is 2.31. The second kappa shape index (κ2) is 7.26. The number of non-ortho nitro benzene ring substituents is 1.